The highest BCUT2D eigenvalue weighted by molar-refractivity contribution is 5.73. The maximum absolute atomic E-state index is 13.2. The van der Waals surface area contributed by atoms with Crippen molar-refractivity contribution in [1.29, 1.82) is 0 Å². The summed E-state index contributed by atoms with van der Waals surface area (Å²) in [6.45, 7) is 3.05. The molecule has 0 saturated carbocycles. The number of ether oxygens (including phenoxy) is 1. The van der Waals surface area contributed by atoms with E-state index in [0.29, 0.717) is 24.7 Å². The van der Waals surface area contributed by atoms with Crippen molar-refractivity contribution in [3.05, 3.63) is 86.1 Å². The second kappa shape index (κ2) is 14.1. The van der Waals surface area contributed by atoms with Crippen molar-refractivity contribution >= 4 is 11.9 Å². The number of hydrogen-bond donors (Lipinski definition) is 2. The molecule has 2 aromatic heterocycles. The van der Waals surface area contributed by atoms with Crippen molar-refractivity contribution in [2.24, 2.45) is 5.41 Å². The summed E-state index contributed by atoms with van der Waals surface area (Å²) in [6, 6.07) is 9.76. The lowest BCUT2D eigenvalue weighted by molar-refractivity contribution is -0.193. The van der Waals surface area contributed by atoms with Crippen molar-refractivity contribution in [3.63, 3.8) is 0 Å². The van der Waals surface area contributed by atoms with Crippen LogP contribution >= 0.6 is 0 Å². The largest absolute Gasteiger partial charge is 0.490 e. The van der Waals surface area contributed by atoms with Crippen molar-refractivity contribution in [2.45, 2.75) is 44.8 Å². The molecule has 250 valence electrons. The van der Waals surface area contributed by atoms with E-state index >= 15 is 0 Å². The monoisotopic (exact) mass is 665 g/mol. The first-order valence-electron chi connectivity index (χ1n) is 13.1. The number of methoxy groups -OCH3 is 1. The van der Waals surface area contributed by atoms with E-state index in [0.717, 1.165) is 37.2 Å². The van der Waals surface area contributed by atoms with E-state index in [-0.39, 0.29) is 17.8 Å². The molecule has 2 N–H and O–H groups in total. The van der Waals surface area contributed by atoms with Gasteiger partial charge < -0.3 is 14.9 Å². The minimum absolute atomic E-state index is 0.115. The molecule has 3 aromatic rings. The molecule has 0 amide bonds. The van der Waals surface area contributed by atoms with Crippen LogP contribution in [0.25, 0.3) is 0 Å². The second-order valence-corrected chi connectivity index (χ2v) is 10.3. The Morgan fingerprint density at radius 1 is 0.935 bits per heavy atom. The van der Waals surface area contributed by atoms with Gasteiger partial charge in [-0.3, -0.25) is 19.1 Å². The maximum atomic E-state index is 13.2. The number of halogens is 7. The average molecular weight is 666 g/mol. The van der Waals surface area contributed by atoms with E-state index in [1.54, 1.807) is 25.4 Å². The molecular formula is C27H26F7N5O7. The van der Waals surface area contributed by atoms with Crippen LogP contribution in [0.15, 0.2) is 52.2 Å². The summed E-state index contributed by atoms with van der Waals surface area (Å²) >= 11 is 0. The fourth-order valence-corrected chi connectivity index (χ4v) is 4.88. The standard InChI is InChI=1S/C23H24FN5O3.2C2HF3O2/c1-32-20-17(3-2-9-25-20)13-27-10-8-23(14-27)11-19-26-29(22(31)21(30)28(19)15-23)12-16-4-6-18(24)7-5-16;2*3-2(4,5)1(6)7/h2-7,9H,8,10-15H2,1H3;2*(H,6,7). The van der Waals surface area contributed by atoms with Gasteiger partial charge in [0.2, 0.25) is 5.88 Å². The van der Waals surface area contributed by atoms with Gasteiger partial charge in [0.05, 0.1) is 13.7 Å². The lowest BCUT2D eigenvalue weighted by Crippen LogP contribution is -2.43. The summed E-state index contributed by atoms with van der Waals surface area (Å²) in [7, 11) is 1.62. The number of aliphatic carboxylic acids is 2. The predicted octanol–water partition coefficient (Wildman–Crippen LogP) is 2.71. The van der Waals surface area contributed by atoms with E-state index in [4.69, 9.17) is 24.5 Å². The van der Waals surface area contributed by atoms with Crippen LogP contribution in [-0.4, -0.2) is 78.9 Å². The third kappa shape index (κ3) is 9.11. The molecule has 4 heterocycles. The lowest BCUT2D eigenvalue weighted by Gasteiger charge is -2.23. The number of alkyl halides is 6. The van der Waals surface area contributed by atoms with Gasteiger partial charge in [-0.15, -0.1) is 0 Å². The number of carboxylic acid groups (broad SMARTS) is 2. The van der Waals surface area contributed by atoms with E-state index in [1.807, 2.05) is 12.1 Å². The third-order valence-electron chi connectivity index (χ3n) is 6.92. The molecule has 1 atom stereocenters. The van der Waals surface area contributed by atoms with Gasteiger partial charge in [-0.25, -0.2) is 23.6 Å². The molecule has 19 heteroatoms. The number of fused-ring (bicyclic) bond motifs is 1. The Kier molecular flexibility index (Phi) is 10.9. The highest BCUT2D eigenvalue weighted by Crippen LogP contribution is 2.40. The number of rotatable bonds is 5. The van der Waals surface area contributed by atoms with Gasteiger partial charge in [0.15, 0.2) is 0 Å². The molecule has 1 aromatic carbocycles. The topological polar surface area (TPSA) is 157 Å². The summed E-state index contributed by atoms with van der Waals surface area (Å²) in [5.74, 6) is -4.60. The van der Waals surface area contributed by atoms with Gasteiger partial charge in [-0.05, 0) is 36.7 Å². The number of benzene rings is 1. The Morgan fingerprint density at radius 3 is 2.07 bits per heavy atom. The minimum Gasteiger partial charge on any atom is -0.481 e. The first-order chi connectivity index (χ1) is 21.3. The molecule has 1 unspecified atom stereocenters. The van der Waals surface area contributed by atoms with Crippen LogP contribution < -0.4 is 15.9 Å². The number of carboxylic acids is 2. The van der Waals surface area contributed by atoms with Crippen LogP contribution in [0.3, 0.4) is 0 Å². The Bertz CT molecular complexity index is 1650. The van der Waals surface area contributed by atoms with Crippen LogP contribution in [-0.2, 0) is 35.6 Å². The highest BCUT2D eigenvalue weighted by atomic mass is 19.4. The molecule has 0 radical (unpaired) electrons. The second-order valence-electron chi connectivity index (χ2n) is 10.3. The van der Waals surface area contributed by atoms with Crippen molar-refractivity contribution in [3.8, 4) is 5.88 Å². The molecule has 1 saturated heterocycles. The van der Waals surface area contributed by atoms with Gasteiger partial charge in [0.1, 0.15) is 11.6 Å². The fourth-order valence-electron chi connectivity index (χ4n) is 4.88. The van der Waals surface area contributed by atoms with E-state index < -0.39 is 35.4 Å². The molecule has 46 heavy (non-hydrogen) atoms. The zero-order valence-corrected chi connectivity index (χ0v) is 23.8. The van der Waals surface area contributed by atoms with Crippen LogP contribution in [0.1, 0.15) is 23.4 Å². The summed E-state index contributed by atoms with van der Waals surface area (Å²) in [4.78, 5) is 49.8. The van der Waals surface area contributed by atoms with E-state index in [2.05, 4.69) is 15.0 Å². The van der Waals surface area contributed by atoms with Gasteiger partial charge in [0, 0.05) is 43.2 Å². The molecule has 0 aliphatic carbocycles. The van der Waals surface area contributed by atoms with Crippen LogP contribution in [0.5, 0.6) is 5.88 Å². The summed E-state index contributed by atoms with van der Waals surface area (Å²) < 4.78 is 84.8. The van der Waals surface area contributed by atoms with Crippen LogP contribution in [0.2, 0.25) is 0 Å². The molecule has 0 bridgehead atoms. The van der Waals surface area contributed by atoms with Crippen LogP contribution in [0.4, 0.5) is 30.7 Å². The number of aromatic nitrogens is 4. The van der Waals surface area contributed by atoms with Gasteiger partial charge in [-0.2, -0.15) is 31.4 Å². The van der Waals surface area contributed by atoms with E-state index in [1.165, 1.54) is 21.4 Å². The average Bonchev–Trinajstić information content (AvgIpc) is 3.54. The minimum atomic E-state index is -5.08. The molecule has 2 aliphatic heterocycles. The smallest absolute Gasteiger partial charge is 0.481 e. The van der Waals surface area contributed by atoms with Gasteiger partial charge in [-0.1, -0.05) is 18.2 Å². The Balaban J connectivity index is 0.000000345. The highest BCUT2D eigenvalue weighted by Gasteiger charge is 2.45. The quantitative estimate of drug-likeness (QED) is 0.307. The first-order valence-corrected chi connectivity index (χ1v) is 13.1. The molecule has 1 spiro atoms. The molecule has 12 nitrogen and oxygen atoms in total. The van der Waals surface area contributed by atoms with Gasteiger partial charge in [0.25, 0.3) is 0 Å². The summed E-state index contributed by atoms with van der Waals surface area (Å²) in [5, 5.41) is 18.8. The zero-order chi connectivity index (χ0) is 34.4. The number of likely N-dealkylation sites (tertiary alicyclic amines) is 1. The molecule has 2 aliphatic rings. The zero-order valence-electron chi connectivity index (χ0n) is 23.8. The van der Waals surface area contributed by atoms with E-state index in [9.17, 15) is 40.3 Å². The third-order valence-corrected chi connectivity index (χ3v) is 6.92. The van der Waals surface area contributed by atoms with Crippen LogP contribution in [0, 0.1) is 11.2 Å². The SMILES string of the molecule is COc1ncccc1CN1CCC2(Cc3nn(Cc4ccc(F)cc4)c(=O)c(=O)n3C2)C1.O=C(O)C(F)(F)F.O=C(O)C(F)(F)F. The Hall–Kier alpha value is -4.81. The normalized spacial score (nSPS) is 17.4. The number of nitrogens with zero attached hydrogens (tertiary/aromatic N) is 5. The van der Waals surface area contributed by atoms with Crippen molar-refractivity contribution in [1.82, 2.24) is 24.2 Å². The number of carbonyl (C=O) groups is 2. The summed E-state index contributed by atoms with van der Waals surface area (Å²) in [6.07, 6.45) is -6.89. The van der Waals surface area contributed by atoms with Crippen molar-refractivity contribution < 1.29 is 55.3 Å². The number of hydrogen-bond acceptors (Lipinski definition) is 8. The van der Waals surface area contributed by atoms with Crippen molar-refractivity contribution in [2.75, 3.05) is 20.2 Å². The molecule has 1 fully saturated rings. The lowest BCUT2D eigenvalue weighted by atomic mass is 9.86. The molecular weight excluding hydrogens is 639 g/mol. The molecule has 5 rings (SSSR count). The first kappa shape index (κ1) is 35.7. The number of pyridine rings is 1. The summed E-state index contributed by atoms with van der Waals surface area (Å²) in [5.41, 5.74) is 0.439. The predicted molar refractivity (Wildman–Crippen MR) is 142 cm³/mol. The Labute approximate surface area is 254 Å². The van der Waals surface area contributed by atoms with Gasteiger partial charge >= 0.3 is 35.4 Å². The Morgan fingerprint density at radius 2 is 1.52 bits per heavy atom. The fraction of sp³-hybridized carbons (Fsp3) is 0.407. The maximum Gasteiger partial charge on any atom is 0.490 e.